The molecule has 1 heterocycles. The van der Waals surface area contributed by atoms with Crippen molar-refractivity contribution in [3.8, 4) is 22.5 Å². The predicted octanol–water partition coefficient (Wildman–Crippen LogP) is 4.97. The number of nitrogens with two attached hydrogens (primary N) is 1. The summed E-state index contributed by atoms with van der Waals surface area (Å²) in [5, 5.41) is 3.97. The van der Waals surface area contributed by atoms with Gasteiger partial charge in [0, 0.05) is 10.0 Å². The van der Waals surface area contributed by atoms with Gasteiger partial charge in [-0.2, -0.15) is 0 Å². The maximum atomic E-state index is 6.03. The van der Waals surface area contributed by atoms with Crippen molar-refractivity contribution in [3.63, 3.8) is 0 Å². The molecule has 0 radical (unpaired) electrons. The molecule has 0 atom stereocenters. The molecule has 0 spiro atoms. The largest absolute Gasteiger partial charge is 0.380 e. The molecular formula is C17H15BrN2O. The summed E-state index contributed by atoms with van der Waals surface area (Å²) in [6.07, 6.45) is 0. The van der Waals surface area contributed by atoms with Crippen LogP contribution in [0, 0.1) is 13.8 Å². The molecule has 4 heteroatoms. The van der Waals surface area contributed by atoms with E-state index in [9.17, 15) is 0 Å². The van der Waals surface area contributed by atoms with E-state index in [2.05, 4.69) is 47.1 Å². The van der Waals surface area contributed by atoms with E-state index in [1.807, 2.05) is 30.3 Å². The summed E-state index contributed by atoms with van der Waals surface area (Å²) >= 11 is 3.44. The summed E-state index contributed by atoms with van der Waals surface area (Å²) in [4.78, 5) is 0. The Kier molecular flexibility index (Phi) is 3.55. The Bertz CT molecular complexity index is 771. The summed E-state index contributed by atoms with van der Waals surface area (Å²) in [5.41, 5.74) is 11.2. The number of aromatic nitrogens is 1. The van der Waals surface area contributed by atoms with E-state index in [0.717, 1.165) is 38.1 Å². The zero-order valence-electron chi connectivity index (χ0n) is 11.9. The van der Waals surface area contributed by atoms with Gasteiger partial charge >= 0.3 is 0 Å². The van der Waals surface area contributed by atoms with E-state index in [1.54, 1.807) is 0 Å². The Labute approximate surface area is 131 Å². The van der Waals surface area contributed by atoms with Gasteiger partial charge in [0.1, 0.15) is 0 Å². The highest BCUT2D eigenvalue weighted by atomic mass is 79.9. The molecule has 106 valence electrons. The van der Waals surface area contributed by atoms with Crippen LogP contribution in [0.5, 0.6) is 0 Å². The Morgan fingerprint density at radius 2 is 1.57 bits per heavy atom. The molecule has 21 heavy (non-hydrogen) atoms. The second kappa shape index (κ2) is 5.37. The van der Waals surface area contributed by atoms with Crippen molar-refractivity contribution in [2.45, 2.75) is 13.8 Å². The summed E-state index contributed by atoms with van der Waals surface area (Å²) < 4.78 is 6.56. The fraction of sp³-hybridized carbons (Fsp3) is 0.118. The van der Waals surface area contributed by atoms with Gasteiger partial charge < -0.3 is 10.3 Å². The van der Waals surface area contributed by atoms with Crippen LogP contribution in [-0.2, 0) is 0 Å². The molecule has 2 aromatic carbocycles. The van der Waals surface area contributed by atoms with Gasteiger partial charge in [0.2, 0.25) is 0 Å². The minimum Gasteiger partial charge on any atom is -0.380 e. The van der Waals surface area contributed by atoms with E-state index >= 15 is 0 Å². The summed E-state index contributed by atoms with van der Waals surface area (Å²) in [6.45, 7) is 4.12. The lowest BCUT2D eigenvalue weighted by molar-refractivity contribution is 0.435. The zero-order chi connectivity index (χ0) is 15.0. The first kappa shape index (κ1) is 13.9. The van der Waals surface area contributed by atoms with Crippen LogP contribution in [0.25, 0.3) is 22.5 Å². The van der Waals surface area contributed by atoms with E-state index in [-0.39, 0.29) is 0 Å². The Morgan fingerprint density at radius 1 is 0.952 bits per heavy atom. The van der Waals surface area contributed by atoms with Gasteiger partial charge in [-0.05, 0) is 42.7 Å². The highest BCUT2D eigenvalue weighted by molar-refractivity contribution is 9.10. The first-order chi connectivity index (χ1) is 10.1. The molecule has 0 saturated carbocycles. The molecular weight excluding hydrogens is 328 g/mol. The SMILES string of the molecule is Cc1cccc(C)c1-c1onc(N)c1-c1ccc(Br)cc1. The van der Waals surface area contributed by atoms with Crippen molar-refractivity contribution in [2.75, 3.05) is 5.73 Å². The lowest BCUT2D eigenvalue weighted by atomic mass is 9.95. The van der Waals surface area contributed by atoms with Crippen molar-refractivity contribution in [2.24, 2.45) is 0 Å². The van der Waals surface area contributed by atoms with Gasteiger partial charge in [0.05, 0.1) is 5.56 Å². The predicted molar refractivity (Wildman–Crippen MR) is 89.0 cm³/mol. The van der Waals surface area contributed by atoms with Crippen molar-refractivity contribution in [1.82, 2.24) is 5.16 Å². The van der Waals surface area contributed by atoms with Gasteiger partial charge in [-0.1, -0.05) is 51.4 Å². The average Bonchev–Trinajstić information content (AvgIpc) is 2.82. The van der Waals surface area contributed by atoms with E-state index in [1.165, 1.54) is 0 Å². The van der Waals surface area contributed by atoms with Crippen LogP contribution in [0.15, 0.2) is 51.5 Å². The third-order valence-corrected chi connectivity index (χ3v) is 4.09. The van der Waals surface area contributed by atoms with Crippen LogP contribution in [-0.4, -0.2) is 5.16 Å². The maximum Gasteiger partial charge on any atom is 0.177 e. The number of benzene rings is 2. The number of aryl methyl sites for hydroxylation is 2. The number of anilines is 1. The molecule has 2 N–H and O–H groups in total. The van der Waals surface area contributed by atoms with Gasteiger partial charge in [-0.25, -0.2) is 0 Å². The zero-order valence-corrected chi connectivity index (χ0v) is 13.4. The van der Waals surface area contributed by atoms with E-state index < -0.39 is 0 Å². The Hall–Kier alpha value is -2.07. The smallest absolute Gasteiger partial charge is 0.177 e. The monoisotopic (exact) mass is 342 g/mol. The number of hydrogen-bond acceptors (Lipinski definition) is 3. The minimum atomic E-state index is 0.412. The van der Waals surface area contributed by atoms with Crippen molar-refractivity contribution in [1.29, 1.82) is 0 Å². The minimum absolute atomic E-state index is 0.412. The average molecular weight is 343 g/mol. The molecule has 0 amide bonds. The van der Waals surface area contributed by atoms with Gasteiger partial charge in [0.15, 0.2) is 11.6 Å². The molecule has 0 aliphatic heterocycles. The molecule has 0 saturated heterocycles. The molecule has 0 fully saturated rings. The van der Waals surface area contributed by atoms with Gasteiger partial charge in [0.25, 0.3) is 0 Å². The molecule has 0 bridgehead atoms. The number of hydrogen-bond donors (Lipinski definition) is 1. The molecule has 3 rings (SSSR count). The normalized spacial score (nSPS) is 10.8. The fourth-order valence-corrected chi connectivity index (χ4v) is 2.81. The van der Waals surface area contributed by atoms with Crippen LogP contribution in [0.1, 0.15) is 11.1 Å². The first-order valence-corrected chi connectivity index (χ1v) is 7.45. The van der Waals surface area contributed by atoms with Crippen LogP contribution in [0.4, 0.5) is 5.82 Å². The number of rotatable bonds is 2. The summed E-state index contributed by atoms with van der Waals surface area (Å²) in [6, 6.07) is 14.1. The van der Waals surface area contributed by atoms with Crippen molar-refractivity contribution >= 4 is 21.7 Å². The van der Waals surface area contributed by atoms with Gasteiger partial charge in [-0.15, -0.1) is 0 Å². The van der Waals surface area contributed by atoms with Crippen molar-refractivity contribution < 1.29 is 4.52 Å². The molecule has 3 aromatic rings. The van der Waals surface area contributed by atoms with Crippen LogP contribution < -0.4 is 5.73 Å². The lowest BCUT2D eigenvalue weighted by Gasteiger charge is -2.09. The molecule has 0 unspecified atom stereocenters. The fourth-order valence-electron chi connectivity index (χ4n) is 2.54. The number of nitrogen functional groups attached to an aromatic ring is 1. The lowest BCUT2D eigenvalue weighted by Crippen LogP contribution is -1.91. The highest BCUT2D eigenvalue weighted by Gasteiger charge is 2.20. The number of halogens is 1. The third-order valence-electron chi connectivity index (χ3n) is 3.56. The highest BCUT2D eigenvalue weighted by Crippen LogP contribution is 2.39. The van der Waals surface area contributed by atoms with Crippen LogP contribution in [0.3, 0.4) is 0 Å². The standard InChI is InChI=1S/C17H15BrN2O/c1-10-4-3-5-11(2)14(10)16-15(17(19)20-21-16)12-6-8-13(18)9-7-12/h3-9H,1-2H3,(H2,19,20). The quantitative estimate of drug-likeness (QED) is 0.715. The van der Waals surface area contributed by atoms with E-state index in [0.29, 0.717) is 5.82 Å². The van der Waals surface area contributed by atoms with Gasteiger partial charge in [-0.3, -0.25) is 0 Å². The topological polar surface area (TPSA) is 52.0 Å². The summed E-state index contributed by atoms with van der Waals surface area (Å²) in [5.74, 6) is 1.14. The second-order valence-corrected chi connectivity index (χ2v) is 5.96. The maximum absolute atomic E-state index is 6.03. The third kappa shape index (κ3) is 2.47. The first-order valence-electron chi connectivity index (χ1n) is 6.65. The molecule has 0 aliphatic rings. The Morgan fingerprint density at radius 3 is 2.19 bits per heavy atom. The molecule has 1 aromatic heterocycles. The van der Waals surface area contributed by atoms with Crippen LogP contribution >= 0.6 is 15.9 Å². The van der Waals surface area contributed by atoms with Crippen LogP contribution in [0.2, 0.25) is 0 Å². The number of nitrogens with zero attached hydrogens (tertiary/aromatic N) is 1. The summed E-state index contributed by atoms with van der Waals surface area (Å²) in [7, 11) is 0. The van der Waals surface area contributed by atoms with Crippen molar-refractivity contribution in [3.05, 3.63) is 58.1 Å². The van der Waals surface area contributed by atoms with E-state index in [4.69, 9.17) is 10.3 Å². The molecule has 0 aliphatic carbocycles. The second-order valence-electron chi connectivity index (χ2n) is 5.05. The molecule has 3 nitrogen and oxygen atoms in total. The Balaban J connectivity index is 2.24.